The Balaban J connectivity index is 2.21. The molecule has 2 aromatic rings. The van der Waals surface area contributed by atoms with Crippen molar-refractivity contribution >= 4 is 39.1 Å². The molecule has 20 heavy (non-hydrogen) atoms. The van der Waals surface area contributed by atoms with Crippen molar-refractivity contribution in [3.05, 3.63) is 51.6 Å². The number of nitrogens with one attached hydrogen (secondary N) is 1. The number of carbonyl (C=O) groups excluding carboxylic acids is 1. The number of aromatic nitrogens is 1. The molecule has 104 valence electrons. The number of pyridine rings is 1. The van der Waals surface area contributed by atoms with Crippen LogP contribution in [-0.4, -0.2) is 17.5 Å². The third-order valence-electron chi connectivity index (χ3n) is 2.48. The summed E-state index contributed by atoms with van der Waals surface area (Å²) in [4.78, 5) is 16.3. The van der Waals surface area contributed by atoms with E-state index in [-0.39, 0.29) is 5.91 Å². The first-order chi connectivity index (χ1) is 9.61. The van der Waals surface area contributed by atoms with E-state index in [1.807, 2.05) is 6.92 Å². The minimum absolute atomic E-state index is 0.253. The minimum Gasteiger partial charge on any atom is -0.476 e. The van der Waals surface area contributed by atoms with Crippen molar-refractivity contribution in [3.63, 3.8) is 0 Å². The average Bonchev–Trinajstić information content (AvgIpc) is 2.44. The van der Waals surface area contributed by atoms with Crippen LogP contribution in [0.3, 0.4) is 0 Å². The summed E-state index contributed by atoms with van der Waals surface area (Å²) in [6.07, 6.45) is 1.61. The van der Waals surface area contributed by atoms with Gasteiger partial charge in [0.15, 0.2) is 0 Å². The van der Waals surface area contributed by atoms with Crippen molar-refractivity contribution in [1.29, 1.82) is 0 Å². The third kappa shape index (κ3) is 3.49. The predicted octanol–water partition coefficient (Wildman–Crippen LogP) is 4.15. The van der Waals surface area contributed by atoms with E-state index in [0.29, 0.717) is 33.2 Å². The van der Waals surface area contributed by atoms with Gasteiger partial charge < -0.3 is 10.1 Å². The van der Waals surface area contributed by atoms with Crippen LogP contribution in [0.25, 0.3) is 0 Å². The molecule has 0 saturated carbocycles. The van der Waals surface area contributed by atoms with E-state index in [9.17, 15) is 4.79 Å². The van der Waals surface area contributed by atoms with E-state index in [4.69, 9.17) is 16.3 Å². The molecular weight excluding hydrogens is 344 g/mol. The maximum Gasteiger partial charge on any atom is 0.255 e. The molecule has 2 rings (SSSR count). The Morgan fingerprint density at radius 1 is 1.45 bits per heavy atom. The van der Waals surface area contributed by atoms with Crippen LogP contribution in [-0.2, 0) is 0 Å². The summed E-state index contributed by atoms with van der Waals surface area (Å²) in [7, 11) is 0. The number of carbonyl (C=O) groups is 1. The van der Waals surface area contributed by atoms with Crippen LogP contribution in [0, 0.1) is 0 Å². The first-order valence-electron chi connectivity index (χ1n) is 5.96. The molecule has 0 aliphatic carbocycles. The van der Waals surface area contributed by atoms with Crippen molar-refractivity contribution in [2.24, 2.45) is 0 Å². The largest absolute Gasteiger partial charge is 0.476 e. The molecule has 1 aromatic heterocycles. The van der Waals surface area contributed by atoms with Gasteiger partial charge in [0.25, 0.3) is 5.91 Å². The highest BCUT2D eigenvalue weighted by Gasteiger charge is 2.11. The number of halogens is 2. The Bertz CT molecular complexity index is 634. The van der Waals surface area contributed by atoms with E-state index in [1.54, 1.807) is 36.5 Å². The molecule has 0 unspecified atom stereocenters. The van der Waals surface area contributed by atoms with E-state index in [0.717, 1.165) is 0 Å². The van der Waals surface area contributed by atoms with Gasteiger partial charge in [-0.2, -0.15) is 0 Å². The lowest BCUT2D eigenvalue weighted by Gasteiger charge is -2.10. The van der Waals surface area contributed by atoms with Gasteiger partial charge in [-0.1, -0.05) is 11.6 Å². The predicted molar refractivity (Wildman–Crippen MR) is 82.5 cm³/mol. The quantitative estimate of drug-likeness (QED) is 0.896. The number of hydrogen-bond donors (Lipinski definition) is 1. The molecule has 0 aliphatic rings. The summed E-state index contributed by atoms with van der Waals surface area (Å²) in [5, 5.41) is 3.32. The Morgan fingerprint density at radius 3 is 2.95 bits per heavy atom. The van der Waals surface area contributed by atoms with Crippen molar-refractivity contribution < 1.29 is 9.53 Å². The fourth-order valence-electron chi connectivity index (χ4n) is 1.57. The van der Waals surface area contributed by atoms with Crippen molar-refractivity contribution in [1.82, 2.24) is 4.98 Å². The first-order valence-corrected chi connectivity index (χ1v) is 7.13. The number of anilines is 1. The highest BCUT2D eigenvalue weighted by molar-refractivity contribution is 9.10. The second-order valence-electron chi connectivity index (χ2n) is 3.87. The van der Waals surface area contributed by atoms with E-state index < -0.39 is 0 Å². The average molecular weight is 356 g/mol. The lowest BCUT2D eigenvalue weighted by Crippen LogP contribution is -2.13. The lowest BCUT2D eigenvalue weighted by atomic mass is 10.2. The topological polar surface area (TPSA) is 51.2 Å². The van der Waals surface area contributed by atoms with E-state index in [2.05, 4.69) is 26.2 Å². The first kappa shape index (κ1) is 14.8. The van der Waals surface area contributed by atoms with Crippen molar-refractivity contribution in [2.45, 2.75) is 6.92 Å². The second-order valence-corrected chi connectivity index (χ2v) is 5.13. The highest BCUT2D eigenvalue weighted by Crippen LogP contribution is 2.25. The molecule has 4 nitrogen and oxygen atoms in total. The molecule has 0 spiro atoms. The van der Waals surface area contributed by atoms with Gasteiger partial charge in [-0.05, 0) is 53.2 Å². The molecular formula is C14H12BrClN2O2. The molecule has 1 heterocycles. The maximum absolute atomic E-state index is 12.2. The zero-order chi connectivity index (χ0) is 14.5. The van der Waals surface area contributed by atoms with E-state index in [1.165, 1.54) is 0 Å². The minimum atomic E-state index is -0.253. The molecule has 0 fully saturated rings. The fourth-order valence-corrected chi connectivity index (χ4v) is 2.07. The maximum atomic E-state index is 12.2. The van der Waals surface area contributed by atoms with Gasteiger partial charge in [-0.25, -0.2) is 4.98 Å². The van der Waals surface area contributed by atoms with Crippen LogP contribution in [0.5, 0.6) is 5.88 Å². The molecule has 0 bridgehead atoms. The number of benzene rings is 1. The van der Waals surface area contributed by atoms with Crippen LogP contribution in [0.1, 0.15) is 17.3 Å². The molecule has 6 heteroatoms. The Labute approximate surface area is 130 Å². The van der Waals surface area contributed by atoms with Gasteiger partial charge in [0.05, 0.1) is 11.6 Å². The van der Waals surface area contributed by atoms with Crippen molar-refractivity contribution in [3.8, 4) is 5.88 Å². The Morgan fingerprint density at radius 2 is 2.25 bits per heavy atom. The molecule has 1 aromatic carbocycles. The van der Waals surface area contributed by atoms with E-state index >= 15 is 0 Å². The summed E-state index contributed by atoms with van der Waals surface area (Å²) in [6, 6.07) is 8.44. The number of rotatable bonds is 4. The van der Waals surface area contributed by atoms with Gasteiger partial charge in [0.2, 0.25) is 5.88 Å². The van der Waals surface area contributed by atoms with Gasteiger partial charge in [0, 0.05) is 16.2 Å². The third-order valence-corrected chi connectivity index (χ3v) is 3.70. The van der Waals surface area contributed by atoms with Crippen LogP contribution >= 0.6 is 27.5 Å². The SMILES string of the molecule is CCOc1ncccc1NC(=O)c1ccc(Cl)c(Br)c1. The monoisotopic (exact) mass is 354 g/mol. The Kier molecular flexibility index (Phi) is 4.98. The normalized spacial score (nSPS) is 10.2. The molecule has 1 N–H and O–H groups in total. The van der Waals surface area contributed by atoms with Gasteiger partial charge in [-0.15, -0.1) is 0 Å². The van der Waals surface area contributed by atoms with Gasteiger partial charge in [0.1, 0.15) is 5.69 Å². The van der Waals surface area contributed by atoms with Crippen LogP contribution in [0.4, 0.5) is 5.69 Å². The second kappa shape index (κ2) is 6.72. The highest BCUT2D eigenvalue weighted by atomic mass is 79.9. The number of hydrogen-bond acceptors (Lipinski definition) is 3. The standard InChI is InChI=1S/C14H12BrClN2O2/c1-2-20-14-12(4-3-7-17-14)18-13(19)9-5-6-11(16)10(15)8-9/h3-8H,2H2,1H3,(H,18,19). The van der Waals surface area contributed by atoms with Crippen LogP contribution < -0.4 is 10.1 Å². The van der Waals surface area contributed by atoms with Crippen LogP contribution in [0.15, 0.2) is 41.0 Å². The Hall–Kier alpha value is -1.59. The summed E-state index contributed by atoms with van der Waals surface area (Å²) in [5.41, 5.74) is 1.03. The summed E-state index contributed by atoms with van der Waals surface area (Å²) in [6.45, 7) is 2.34. The summed E-state index contributed by atoms with van der Waals surface area (Å²) in [5.74, 6) is 0.146. The fraction of sp³-hybridized carbons (Fsp3) is 0.143. The zero-order valence-corrected chi connectivity index (χ0v) is 13.0. The summed E-state index contributed by atoms with van der Waals surface area (Å²) >= 11 is 9.19. The lowest BCUT2D eigenvalue weighted by molar-refractivity contribution is 0.102. The molecule has 0 aliphatic heterocycles. The summed E-state index contributed by atoms with van der Waals surface area (Å²) < 4.78 is 6.03. The van der Waals surface area contributed by atoms with Gasteiger partial charge in [-0.3, -0.25) is 4.79 Å². The number of amides is 1. The van der Waals surface area contributed by atoms with Gasteiger partial charge >= 0.3 is 0 Å². The zero-order valence-electron chi connectivity index (χ0n) is 10.7. The molecule has 1 amide bonds. The van der Waals surface area contributed by atoms with Crippen LogP contribution in [0.2, 0.25) is 5.02 Å². The molecule has 0 saturated heterocycles. The number of nitrogens with zero attached hydrogens (tertiary/aromatic N) is 1. The number of ether oxygens (including phenoxy) is 1. The smallest absolute Gasteiger partial charge is 0.255 e. The van der Waals surface area contributed by atoms with Crippen molar-refractivity contribution in [2.75, 3.05) is 11.9 Å². The molecule has 0 radical (unpaired) electrons. The molecule has 0 atom stereocenters.